The highest BCUT2D eigenvalue weighted by atomic mass is 79.9. The molecule has 0 radical (unpaired) electrons. The number of halogens is 1. The summed E-state index contributed by atoms with van der Waals surface area (Å²) in [5, 5.41) is 0. The van der Waals surface area contributed by atoms with Gasteiger partial charge in [-0.15, -0.1) is 0 Å². The van der Waals surface area contributed by atoms with Gasteiger partial charge in [0.25, 0.3) is 0 Å². The van der Waals surface area contributed by atoms with Crippen molar-refractivity contribution in [3.8, 4) is 5.88 Å². The molecule has 0 aliphatic carbocycles. The molecule has 1 heterocycles. The van der Waals surface area contributed by atoms with Crippen LogP contribution in [-0.4, -0.2) is 13.4 Å². The molecule has 1 aromatic carbocycles. The van der Waals surface area contributed by atoms with Crippen LogP contribution in [0.5, 0.6) is 5.88 Å². The number of pyridine rings is 1. The van der Waals surface area contributed by atoms with Crippen LogP contribution >= 0.6 is 15.9 Å². The highest BCUT2D eigenvalue weighted by Gasteiger charge is 2.17. The molecule has 100 valence electrons. The van der Waals surface area contributed by atoms with Crippen LogP contribution < -0.4 is 4.18 Å². The molecular formula is C13H12BrNO3S. The van der Waals surface area contributed by atoms with Gasteiger partial charge in [0.15, 0.2) is 0 Å². The fourth-order valence-electron chi connectivity index (χ4n) is 1.43. The number of rotatable bonds is 3. The number of benzene rings is 1. The van der Waals surface area contributed by atoms with Crippen molar-refractivity contribution in [1.82, 2.24) is 4.98 Å². The minimum absolute atomic E-state index is 0.0567. The van der Waals surface area contributed by atoms with Crippen LogP contribution in [0.1, 0.15) is 11.3 Å². The van der Waals surface area contributed by atoms with Gasteiger partial charge in [-0.25, -0.2) is 4.98 Å². The maximum Gasteiger partial charge on any atom is 0.340 e. The summed E-state index contributed by atoms with van der Waals surface area (Å²) in [6.07, 6.45) is 0. The van der Waals surface area contributed by atoms with Crippen LogP contribution in [0.3, 0.4) is 0 Å². The van der Waals surface area contributed by atoms with Gasteiger partial charge in [0.05, 0.1) is 5.69 Å². The topological polar surface area (TPSA) is 56.3 Å². The summed E-state index contributed by atoms with van der Waals surface area (Å²) in [5.74, 6) is 0.0567. The van der Waals surface area contributed by atoms with Crippen molar-refractivity contribution in [2.45, 2.75) is 18.7 Å². The van der Waals surface area contributed by atoms with E-state index in [9.17, 15) is 8.42 Å². The number of nitrogens with zero attached hydrogens (tertiary/aromatic N) is 1. The highest BCUT2D eigenvalue weighted by Crippen LogP contribution is 2.21. The second-order valence-corrected chi connectivity index (χ2v) is 6.47. The van der Waals surface area contributed by atoms with Gasteiger partial charge in [-0.1, -0.05) is 17.7 Å². The maximum absolute atomic E-state index is 12.0. The van der Waals surface area contributed by atoms with Gasteiger partial charge >= 0.3 is 10.1 Å². The number of hydrogen-bond acceptors (Lipinski definition) is 4. The molecule has 0 bridgehead atoms. The minimum Gasteiger partial charge on any atom is -0.358 e. The standard InChI is InChI=1S/C13H12BrNO3S/c1-9-3-5-11(6-4-9)19(16,17)18-13-8-7-12(14)10(2)15-13/h3-8H,1-2H3. The van der Waals surface area contributed by atoms with Crippen molar-refractivity contribution in [3.63, 3.8) is 0 Å². The fourth-order valence-corrected chi connectivity index (χ4v) is 2.54. The van der Waals surface area contributed by atoms with E-state index in [1.807, 2.05) is 6.92 Å². The Morgan fingerprint density at radius 1 is 1.05 bits per heavy atom. The van der Waals surface area contributed by atoms with Crippen molar-refractivity contribution in [2.75, 3.05) is 0 Å². The zero-order chi connectivity index (χ0) is 14.0. The van der Waals surface area contributed by atoms with E-state index in [0.717, 1.165) is 10.0 Å². The van der Waals surface area contributed by atoms with E-state index in [1.54, 1.807) is 25.1 Å². The Morgan fingerprint density at radius 3 is 2.26 bits per heavy atom. The molecule has 6 heteroatoms. The average molecular weight is 342 g/mol. The molecule has 2 aromatic rings. The van der Waals surface area contributed by atoms with Crippen LogP contribution in [0, 0.1) is 13.8 Å². The third-order valence-electron chi connectivity index (χ3n) is 2.50. The second kappa shape index (κ2) is 5.30. The summed E-state index contributed by atoms with van der Waals surface area (Å²) in [7, 11) is -3.84. The van der Waals surface area contributed by atoms with E-state index in [2.05, 4.69) is 20.9 Å². The van der Waals surface area contributed by atoms with Crippen LogP contribution in [0.25, 0.3) is 0 Å². The summed E-state index contributed by atoms with van der Waals surface area (Å²) in [6.45, 7) is 3.65. The molecule has 1 aromatic heterocycles. The predicted molar refractivity (Wildman–Crippen MR) is 75.7 cm³/mol. The quantitative estimate of drug-likeness (QED) is 0.804. The van der Waals surface area contributed by atoms with Gasteiger partial charge in [-0.05, 0) is 48.0 Å². The third-order valence-corrected chi connectivity index (χ3v) is 4.58. The summed E-state index contributed by atoms with van der Waals surface area (Å²) < 4.78 is 29.9. The first kappa shape index (κ1) is 14.0. The largest absolute Gasteiger partial charge is 0.358 e. The molecule has 0 unspecified atom stereocenters. The average Bonchev–Trinajstić information content (AvgIpc) is 2.34. The lowest BCUT2D eigenvalue weighted by Gasteiger charge is -2.07. The van der Waals surface area contributed by atoms with Gasteiger partial charge in [-0.2, -0.15) is 8.42 Å². The Labute approximate surface area is 120 Å². The maximum atomic E-state index is 12.0. The van der Waals surface area contributed by atoms with Crippen molar-refractivity contribution in [1.29, 1.82) is 0 Å². The zero-order valence-corrected chi connectivity index (χ0v) is 12.8. The second-order valence-electron chi connectivity index (χ2n) is 4.07. The first-order valence-corrected chi connectivity index (χ1v) is 7.73. The summed E-state index contributed by atoms with van der Waals surface area (Å²) in [4.78, 5) is 4.16. The molecule has 0 fully saturated rings. The molecule has 4 nitrogen and oxygen atoms in total. The molecule has 0 saturated heterocycles. The molecule has 0 atom stereocenters. The van der Waals surface area contributed by atoms with E-state index in [4.69, 9.17) is 4.18 Å². The Morgan fingerprint density at radius 2 is 1.68 bits per heavy atom. The van der Waals surface area contributed by atoms with Gasteiger partial charge in [0, 0.05) is 10.5 Å². The summed E-state index contributed by atoms with van der Waals surface area (Å²) >= 11 is 3.29. The van der Waals surface area contributed by atoms with E-state index in [-0.39, 0.29) is 10.8 Å². The number of aryl methyl sites for hydroxylation is 2. The first-order valence-electron chi connectivity index (χ1n) is 5.53. The predicted octanol–water partition coefficient (Wildman–Crippen LogP) is 3.23. The Balaban J connectivity index is 2.30. The van der Waals surface area contributed by atoms with Crippen molar-refractivity contribution in [3.05, 3.63) is 52.1 Å². The lowest BCUT2D eigenvalue weighted by molar-refractivity contribution is 0.475. The molecule has 0 amide bonds. The van der Waals surface area contributed by atoms with Crippen molar-refractivity contribution >= 4 is 26.0 Å². The third kappa shape index (κ3) is 3.33. The SMILES string of the molecule is Cc1ccc(S(=O)(=O)Oc2ccc(Br)c(C)n2)cc1. The fraction of sp³-hybridized carbons (Fsp3) is 0.154. The molecular weight excluding hydrogens is 330 g/mol. The highest BCUT2D eigenvalue weighted by molar-refractivity contribution is 9.10. The van der Waals surface area contributed by atoms with E-state index in [1.165, 1.54) is 18.2 Å². The summed E-state index contributed by atoms with van der Waals surface area (Å²) in [5.41, 5.74) is 1.65. The Kier molecular flexibility index (Phi) is 3.91. The smallest absolute Gasteiger partial charge is 0.340 e. The first-order chi connectivity index (χ1) is 8.88. The molecule has 0 spiro atoms. The van der Waals surface area contributed by atoms with Gasteiger partial charge < -0.3 is 4.18 Å². The van der Waals surface area contributed by atoms with Crippen LogP contribution in [0.15, 0.2) is 45.8 Å². The minimum atomic E-state index is -3.84. The molecule has 0 aliphatic heterocycles. The van der Waals surface area contributed by atoms with Gasteiger partial charge in [0.1, 0.15) is 4.90 Å². The molecule has 2 rings (SSSR count). The van der Waals surface area contributed by atoms with Gasteiger partial charge in [-0.3, -0.25) is 0 Å². The van der Waals surface area contributed by atoms with Crippen LogP contribution in [0.4, 0.5) is 0 Å². The number of aromatic nitrogens is 1. The van der Waals surface area contributed by atoms with Gasteiger partial charge in [0.2, 0.25) is 5.88 Å². The zero-order valence-electron chi connectivity index (χ0n) is 10.4. The Bertz CT molecular complexity index is 696. The number of hydrogen-bond donors (Lipinski definition) is 0. The molecule has 0 saturated carbocycles. The summed E-state index contributed by atoms with van der Waals surface area (Å²) in [6, 6.07) is 9.66. The van der Waals surface area contributed by atoms with E-state index >= 15 is 0 Å². The van der Waals surface area contributed by atoms with Crippen LogP contribution in [0.2, 0.25) is 0 Å². The Hall–Kier alpha value is -1.40. The van der Waals surface area contributed by atoms with Crippen molar-refractivity contribution in [2.24, 2.45) is 0 Å². The molecule has 0 aliphatic rings. The lowest BCUT2D eigenvalue weighted by Crippen LogP contribution is -2.10. The lowest BCUT2D eigenvalue weighted by atomic mass is 10.2. The van der Waals surface area contributed by atoms with E-state index in [0.29, 0.717) is 5.69 Å². The normalized spacial score (nSPS) is 11.3. The van der Waals surface area contributed by atoms with E-state index < -0.39 is 10.1 Å². The monoisotopic (exact) mass is 341 g/mol. The molecule has 0 N–H and O–H groups in total. The van der Waals surface area contributed by atoms with Crippen LogP contribution in [-0.2, 0) is 10.1 Å². The van der Waals surface area contributed by atoms with Crippen molar-refractivity contribution < 1.29 is 12.6 Å². The molecule has 19 heavy (non-hydrogen) atoms.